The lowest BCUT2D eigenvalue weighted by molar-refractivity contribution is -0.114. The molecule has 0 aromatic carbocycles. The monoisotopic (exact) mass is 193 g/mol. The highest BCUT2D eigenvalue weighted by molar-refractivity contribution is 6.03. The van der Waals surface area contributed by atoms with Gasteiger partial charge in [-0.1, -0.05) is 0 Å². The number of hydrogen-bond donors (Lipinski definition) is 1. The molecule has 1 atom stereocenters. The van der Waals surface area contributed by atoms with Crippen LogP contribution in [-0.4, -0.2) is 17.6 Å². The number of ketones is 2. The van der Waals surface area contributed by atoms with Crippen LogP contribution < -0.4 is 5.32 Å². The summed E-state index contributed by atoms with van der Waals surface area (Å²) in [4.78, 5) is 22.6. The Labute approximate surface area is 83.9 Å². The smallest absolute Gasteiger partial charge is 0.161 e. The van der Waals surface area contributed by atoms with Gasteiger partial charge in [-0.2, -0.15) is 0 Å². The zero-order valence-corrected chi connectivity index (χ0v) is 8.97. The topological polar surface area (TPSA) is 46.2 Å². The van der Waals surface area contributed by atoms with Gasteiger partial charge in [0.15, 0.2) is 11.6 Å². The van der Waals surface area contributed by atoms with Crippen molar-refractivity contribution in [2.45, 2.75) is 33.7 Å². The van der Waals surface area contributed by atoms with Crippen LogP contribution in [0.2, 0.25) is 0 Å². The van der Waals surface area contributed by atoms with Gasteiger partial charge in [0.05, 0.1) is 6.04 Å². The van der Waals surface area contributed by atoms with E-state index in [1.807, 2.05) is 13.8 Å². The molecule has 1 N–H and O–H groups in total. The lowest BCUT2D eigenvalue weighted by atomic mass is 9.90. The largest absolute Gasteiger partial charge is 0.384 e. The van der Waals surface area contributed by atoms with Crippen molar-refractivity contribution >= 4 is 11.6 Å². The zero-order valence-electron chi connectivity index (χ0n) is 8.97. The second kappa shape index (κ2) is 3.78. The number of rotatable bonds is 2. The molecule has 0 saturated carbocycles. The first-order valence-electron chi connectivity index (χ1n) is 4.64. The second-order valence-electron chi connectivity index (χ2n) is 3.60. The van der Waals surface area contributed by atoms with Gasteiger partial charge in [-0.25, -0.2) is 0 Å². The Bertz CT molecular complexity index is 350. The first-order chi connectivity index (χ1) is 6.45. The van der Waals surface area contributed by atoms with Crippen LogP contribution in [0.1, 0.15) is 27.7 Å². The molecule has 14 heavy (non-hydrogen) atoms. The van der Waals surface area contributed by atoms with Crippen molar-refractivity contribution in [3.8, 4) is 0 Å². The average Bonchev–Trinajstić information content (AvgIpc) is 2.02. The Kier molecular flexibility index (Phi) is 2.89. The van der Waals surface area contributed by atoms with Gasteiger partial charge >= 0.3 is 0 Å². The molecular weight excluding hydrogens is 178 g/mol. The number of hydrogen-bond acceptors (Lipinski definition) is 3. The molecule has 0 amide bonds. The maximum absolute atomic E-state index is 11.4. The third kappa shape index (κ3) is 1.76. The average molecular weight is 193 g/mol. The second-order valence-corrected chi connectivity index (χ2v) is 3.60. The summed E-state index contributed by atoms with van der Waals surface area (Å²) < 4.78 is 0. The summed E-state index contributed by atoms with van der Waals surface area (Å²) >= 11 is 0. The molecule has 0 aliphatic carbocycles. The minimum atomic E-state index is -0.0133. The summed E-state index contributed by atoms with van der Waals surface area (Å²) in [5.74, 6) is 0.00926. The van der Waals surface area contributed by atoms with Crippen LogP contribution in [0.15, 0.2) is 22.9 Å². The molecule has 1 heterocycles. The summed E-state index contributed by atoms with van der Waals surface area (Å²) in [5, 5.41) is 3.01. The SMILES string of the molecule is CC(=O)C1=CNC(C)C(C(C)=O)=C1C. The fourth-order valence-corrected chi connectivity index (χ4v) is 1.80. The third-order valence-electron chi connectivity index (χ3n) is 2.48. The highest BCUT2D eigenvalue weighted by Gasteiger charge is 2.23. The Morgan fingerprint density at radius 1 is 1.29 bits per heavy atom. The van der Waals surface area contributed by atoms with Crippen LogP contribution in [-0.2, 0) is 9.59 Å². The van der Waals surface area contributed by atoms with E-state index in [2.05, 4.69) is 5.32 Å². The summed E-state index contributed by atoms with van der Waals surface area (Å²) in [7, 11) is 0. The predicted molar refractivity (Wildman–Crippen MR) is 54.7 cm³/mol. The molecule has 0 aromatic heterocycles. The van der Waals surface area contributed by atoms with Crippen LogP contribution >= 0.6 is 0 Å². The Morgan fingerprint density at radius 3 is 2.29 bits per heavy atom. The van der Waals surface area contributed by atoms with Crippen molar-refractivity contribution in [2.24, 2.45) is 0 Å². The van der Waals surface area contributed by atoms with Crippen molar-refractivity contribution in [2.75, 3.05) is 0 Å². The van der Waals surface area contributed by atoms with Crippen molar-refractivity contribution < 1.29 is 9.59 Å². The van der Waals surface area contributed by atoms with Gasteiger partial charge < -0.3 is 5.32 Å². The van der Waals surface area contributed by atoms with E-state index < -0.39 is 0 Å². The van der Waals surface area contributed by atoms with E-state index in [0.717, 1.165) is 5.57 Å². The van der Waals surface area contributed by atoms with E-state index in [-0.39, 0.29) is 17.6 Å². The van der Waals surface area contributed by atoms with Gasteiger partial charge in [0, 0.05) is 17.3 Å². The van der Waals surface area contributed by atoms with Gasteiger partial charge in [-0.3, -0.25) is 9.59 Å². The van der Waals surface area contributed by atoms with E-state index >= 15 is 0 Å². The molecular formula is C11H15NO2. The van der Waals surface area contributed by atoms with E-state index in [0.29, 0.717) is 11.1 Å². The van der Waals surface area contributed by atoms with E-state index in [4.69, 9.17) is 0 Å². The molecule has 3 nitrogen and oxygen atoms in total. The van der Waals surface area contributed by atoms with Crippen LogP contribution in [0.4, 0.5) is 0 Å². The number of Topliss-reactive ketones (excluding diaryl/α,β-unsaturated/α-hetero) is 2. The first kappa shape index (κ1) is 10.7. The summed E-state index contributed by atoms with van der Waals surface area (Å²) in [6.45, 7) is 6.76. The Balaban J connectivity index is 3.20. The molecule has 0 aromatic rings. The minimum absolute atomic E-state index is 0.00407. The molecule has 1 rings (SSSR count). The van der Waals surface area contributed by atoms with Crippen LogP contribution in [0.25, 0.3) is 0 Å². The molecule has 3 heteroatoms. The summed E-state index contributed by atoms with van der Waals surface area (Å²) in [6, 6.07) is -0.00407. The minimum Gasteiger partial charge on any atom is -0.384 e. The molecule has 1 unspecified atom stereocenters. The number of carbonyl (C=O) groups excluding carboxylic acids is 2. The highest BCUT2D eigenvalue weighted by atomic mass is 16.1. The van der Waals surface area contributed by atoms with Crippen molar-refractivity contribution in [3.63, 3.8) is 0 Å². The van der Waals surface area contributed by atoms with Crippen LogP contribution in [0.5, 0.6) is 0 Å². The molecule has 1 aliphatic heterocycles. The highest BCUT2D eigenvalue weighted by Crippen LogP contribution is 2.22. The van der Waals surface area contributed by atoms with Gasteiger partial charge in [0.2, 0.25) is 0 Å². The molecule has 0 fully saturated rings. The van der Waals surface area contributed by atoms with Gasteiger partial charge in [0.1, 0.15) is 0 Å². The lowest BCUT2D eigenvalue weighted by Gasteiger charge is -2.23. The van der Waals surface area contributed by atoms with Crippen LogP contribution in [0.3, 0.4) is 0 Å². The zero-order chi connectivity index (χ0) is 10.9. The lowest BCUT2D eigenvalue weighted by Crippen LogP contribution is -2.32. The van der Waals surface area contributed by atoms with Crippen molar-refractivity contribution in [3.05, 3.63) is 22.9 Å². The quantitative estimate of drug-likeness (QED) is 0.720. The predicted octanol–water partition coefficient (Wildman–Crippen LogP) is 1.36. The molecule has 0 spiro atoms. The van der Waals surface area contributed by atoms with Gasteiger partial charge in [0.25, 0.3) is 0 Å². The maximum Gasteiger partial charge on any atom is 0.161 e. The molecule has 0 saturated heterocycles. The summed E-state index contributed by atoms with van der Waals surface area (Å²) in [6.07, 6.45) is 1.69. The molecule has 1 aliphatic rings. The van der Waals surface area contributed by atoms with Crippen molar-refractivity contribution in [1.82, 2.24) is 5.32 Å². The van der Waals surface area contributed by atoms with E-state index in [1.54, 1.807) is 6.20 Å². The van der Waals surface area contributed by atoms with E-state index in [1.165, 1.54) is 13.8 Å². The van der Waals surface area contributed by atoms with Gasteiger partial charge in [-0.15, -0.1) is 0 Å². The number of nitrogens with one attached hydrogen (secondary N) is 1. The fraction of sp³-hybridized carbons (Fsp3) is 0.455. The first-order valence-corrected chi connectivity index (χ1v) is 4.64. The molecule has 76 valence electrons. The fourth-order valence-electron chi connectivity index (χ4n) is 1.80. The van der Waals surface area contributed by atoms with E-state index in [9.17, 15) is 9.59 Å². The standard InChI is InChI=1S/C11H15NO2/c1-6-10(8(3)13)5-12-7(2)11(6)9(4)14/h5,7,12H,1-4H3. The maximum atomic E-state index is 11.4. The molecule has 0 bridgehead atoms. The van der Waals surface area contributed by atoms with Crippen LogP contribution in [0, 0.1) is 0 Å². The normalized spacial score (nSPS) is 21.4. The number of carbonyl (C=O) groups is 2. The molecule has 0 radical (unpaired) electrons. The Hall–Kier alpha value is -1.38. The summed E-state index contributed by atoms with van der Waals surface area (Å²) in [5.41, 5.74) is 2.11. The Morgan fingerprint density at radius 2 is 1.86 bits per heavy atom. The number of allylic oxidation sites excluding steroid dienone is 2. The number of dihydropyridines is 1. The third-order valence-corrected chi connectivity index (χ3v) is 2.48. The van der Waals surface area contributed by atoms with Crippen molar-refractivity contribution in [1.29, 1.82) is 0 Å². The van der Waals surface area contributed by atoms with Gasteiger partial charge in [-0.05, 0) is 33.3 Å².